The van der Waals surface area contributed by atoms with E-state index in [1.807, 2.05) is 6.08 Å². The maximum atomic E-state index is 13.2. The van der Waals surface area contributed by atoms with E-state index in [1.165, 1.54) is 12.1 Å². The van der Waals surface area contributed by atoms with Gasteiger partial charge in [-0.1, -0.05) is 59.8 Å². The molecule has 40 heavy (non-hydrogen) atoms. The molecule has 2 aliphatic rings. The number of hydrogen-bond donors (Lipinski definition) is 0. The largest absolute Gasteiger partial charge is 0.491 e. The molecule has 226 valence electrons. The van der Waals surface area contributed by atoms with E-state index in [0.717, 1.165) is 12.1 Å². The van der Waals surface area contributed by atoms with Crippen LogP contribution in [0.3, 0.4) is 0 Å². The van der Waals surface area contributed by atoms with Crippen LogP contribution in [0, 0.1) is 11.8 Å². The zero-order chi connectivity index (χ0) is 30.3. The fourth-order valence-corrected chi connectivity index (χ4v) is 7.36. The Balaban J connectivity index is 1.83. The number of rotatable bonds is 9. The molecule has 1 aromatic rings. The molecule has 1 aliphatic carbocycles. The number of hydrogen-bond acceptors (Lipinski definition) is 5. The highest BCUT2D eigenvalue weighted by Crippen LogP contribution is 2.47. The zero-order valence-electron chi connectivity index (χ0n) is 25.6. The minimum absolute atomic E-state index is 0.00883. The molecule has 2 bridgehead atoms. The highest BCUT2D eigenvalue weighted by molar-refractivity contribution is 6.74. The van der Waals surface area contributed by atoms with Gasteiger partial charge in [0.1, 0.15) is 18.5 Å². The third kappa shape index (κ3) is 7.80. The van der Waals surface area contributed by atoms with E-state index in [9.17, 15) is 18.0 Å². The first-order valence-electron chi connectivity index (χ1n) is 14.1. The number of fused-ring (bicyclic) bond motifs is 2. The van der Waals surface area contributed by atoms with Crippen molar-refractivity contribution in [2.45, 2.75) is 115 Å². The molecule has 1 aromatic carbocycles. The fourth-order valence-electron chi connectivity index (χ4n) is 4.72. The fraction of sp³-hybridized carbons (Fsp3) is 0.700. The number of alkyl halides is 3. The zero-order valence-corrected chi connectivity index (χ0v) is 27.6. The van der Waals surface area contributed by atoms with Crippen LogP contribution < -0.4 is 4.74 Å². The van der Waals surface area contributed by atoms with Crippen molar-refractivity contribution < 1.29 is 36.3 Å². The van der Waals surface area contributed by atoms with E-state index in [4.69, 9.17) is 18.3 Å². The second-order valence-electron chi connectivity index (χ2n) is 14.3. The monoisotopic (exact) mass is 600 g/mol. The molecule has 5 nitrogen and oxygen atoms in total. The summed E-state index contributed by atoms with van der Waals surface area (Å²) in [5, 5.41) is -0.0282. The van der Waals surface area contributed by atoms with Crippen LogP contribution in [0.2, 0.25) is 36.3 Å². The lowest BCUT2D eigenvalue weighted by Crippen LogP contribution is -2.45. The summed E-state index contributed by atoms with van der Waals surface area (Å²) >= 11 is 0. The Morgan fingerprint density at radius 3 is 2.23 bits per heavy atom. The predicted molar refractivity (Wildman–Crippen MR) is 156 cm³/mol. The quantitative estimate of drug-likeness (QED) is 0.162. The van der Waals surface area contributed by atoms with Crippen molar-refractivity contribution in [3.05, 3.63) is 42.0 Å². The Bertz CT molecular complexity index is 1070. The molecule has 3 rings (SSSR count). The van der Waals surface area contributed by atoms with Gasteiger partial charge in [-0.2, -0.15) is 13.2 Å². The van der Waals surface area contributed by atoms with Crippen LogP contribution in [0.1, 0.15) is 59.9 Å². The van der Waals surface area contributed by atoms with Crippen LogP contribution >= 0.6 is 0 Å². The number of ether oxygens (including phenoxy) is 2. The van der Waals surface area contributed by atoms with Gasteiger partial charge in [0.25, 0.3) is 0 Å². The van der Waals surface area contributed by atoms with Gasteiger partial charge in [-0.15, -0.1) is 0 Å². The molecule has 1 saturated carbocycles. The Morgan fingerprint density at radius 1 is 1.02 bits per heavy atom. The van der Waals surface area contributed by atoms with Crippen LogP contribution in [-0.4, -0.2) is 47.5 Å². The molecule has 0 spiro atoms. The van der Waals surface area contributed by atoms with E-state index < -0.39 is 34.5 Å². The van der Waals surface area contributed by atoms with E-state index in [2.05, 4.69) is 73.8 Å². The van der Waals surface area contributed by atoms with Gasteiger partial charge in [-0.3, -0.25) is 4.79 Å². The van der Waals surface area contributed by atoms with Crippen LogP contribution in [0.25, 0.3) is 0 Å². The standard InChI is InChI=1S/C30H47F3O5Si2/c1-28(2,3)39(7,8)37-22(19-35-21-13-11-12-20(16-21)30(31,32)33)14-15-23-24-17-27(34)36-25(23)18-26(24)38-40(9,10)29(4,5)6/h11-16,22-26H,17-19H2,1-10H3/t22-,23-,24-,25-,26+/m1/s1. The van der Waals surface area contributed by atoms with Crippen molar-refractivity contribution >= 4 is 22.6 Å². The molecule has 0 unspecified atom stereocenters. The molecule has 2 fully saturated rings. The molecule has 1 aliphatic heterocycles. The van der Waals surface area contributed by atoms with E-state index in [0.29, 0.717) is 12.8 Å². The lowest BCUT2D eigenvalue weighted by molar-refractivity contribution is -0.156. The summed E-state index contributed by atoms with van der Waals surface area (Å²) in [6.07, 6.45) is -0.282. The number of esters is 1. The Kier molecular flexibility index (Phi) is 9.51. The van der Waals surface area contributed by atoms with Gasteiger partial charge in [0, 0.05) is 18.3 Å². The molecule has 0 N–H and O–H groups in total. The Morgan fingerprint density at radius 2 is 1.65 bits per heavy atom. The maximum Gasteiger partial charge on any atom is 0.416 e. The second-order valence-corrected chi connectivity index (χ2v) is 23.8. The highest BCUT2D eigenvalue weighted by atomic mass is 28.4. The second kappa shape index (κ2) is 11.6. The summed E-state index contributed by atoms with van der Waals surface area (Å²) in [6, 6.07) is 4.90. The minimum atomic E-state index is -4.45. The van der Waals surface area contributed by atoms with Crippen molar-refractivity contribution in [1.29, 1.82) is 0 Å². The predicted octanol–water partition coefficient (Wildman–Crippen LogP) is 8.37. The third-order valence-electron chi connectivity index (χ3n) is 9.18. The first kappa shape index (κ1) is 32.9. The van der Waals surface area contributed by atoms with Gasteiger partial charge >= 0.3 is 12.1 Å². The van der Waals surface area contributed by atoms with Crippen LogP contribution in [0.5, 0.6) is 5.75 Å². The number of benzene rings is 1. The molecule has 0 aromatic heterocycles. The van der Waals surface area contributed by atoms with Crippen LogP contribution in [0.15, 0.2) is 36.4 Å². The maximum absolute atomic E-state index is 13.2. The molecule has 0 amide bonds. The van der Waals surface area contributed by atoms with E-state index >= 15 is 0 Å². The topological polar surface area (TPSA) is 54.0 Å². The van der Waals surface area contributed by atoms with Crippen molar-refractivity contribution in [2.24, 2.45) is 11.8 Å². The Hall–Kier alpha value is -1.63. The normalized spacial score (nSPS) is 25.3. The van der Waals surface area contributed by atoms with Gasteiger partial charge in [0.05, 0.1) is 24.2 Å². The van der Waals surface area contributed by atoms with E-state index in [1.54, 1.807) is 0 Å². The summed E-state index contributed by atoms with van der Waals surface area (Å²) < 4.78 is 64.7. The lowest BCUT2D eigenvalue weighted by atomic mass is 9.88. The summed E-state index contributed by atoms with van der Waals surface area (Å²) in [4.78, 5) is 12.4. The summed E-state index contributed by atoms with van der Waals surface area (Å²) in [7, 11) is -4.30. The third-order valence-corrected chi connectivity index (χ3v) is 18.2. The highest BCUT2D eigenvalue weighted by Gasteiger charge is 2.52. The molecule has 1 saturated heterocycles. The summed E-state index contributed by atoms with van der Waals surface area (Å²) in [6.45, 7) is 21.8. The molecular weight excluding hydrogens is 553 g/mol. The lowest BCUT2D eigenvalue weighted by Gasteiger charge is -2.40. The van der Waals surface area contributed by atoms with Gasteiger partial charge in [0.15, 0.2) is 16.6 Å². The van der Waals surface area contributed by atoms with E-state index in [-0.39, 0.29) is 52.4 Å². The summed E-state index contributed by atoms with van der Waals surface area (Å²) in [5.74, 6) is -0.0643. The molecule has 5 atom stereocenters. The number of carbonyl (C=O) groups is 1. The van der Waals surface area contributed by atoms with Crippen molar-refractivity contribution in [3.8, 4) is 5.75 Å². The van der Waals surface area contributed by atoms with Crippen molar-refractivity contribution in [1.82, 2.24) is 0 Å². The number of halogens is 3. The molecular formula is C30H47F3O5Si2. The average molecular weight is 601 g/mol. The first-order chi connectivity index (χ1) is 18.1. The average Bonchev–Trinajstić information content (AvgIpc) is 2.98. The van der Waals surface area contributed by atoms with Gasteiger partial charge in [-0.05, 0) is 54.5 Å². The van der Waals surface area contributed by atoms with Crippen molar-refractivity contribution in [2.75, 3.05) is 6.61 Å². The minimum Gasteiger partial charge on any atom is -0.491 e. The molecule has 10 heteroatoms. The smallest absolute Gasteiger partial charge is 0.416 e. The van der Waals surface area contributed by atoms with Crippen LogP contribution in [-0.2, 0) is 24.6 Å². The van der Waals surface area contributed by atoms with Crippen LogP contribution in [0.4, 0.5) is 13.2 Å². The Labute approximate surface area is 240 Å². The van der Waals surface area contributed by atoms with Gasteiger partial charge in [-0.25, -0.2) is 0 Å². The van der Waals surface area contributed by atoms with Gasteiger partial charge < -0.3 is 18.3 Å². The SMILES string of the molecule is CC(C)(C)[Si](C)(C)O[C@H](C=C[C@@H]1[C@H]2CC(=O)O[C@@H]1C[C@@H]2O[Si](C)(C)C(C)(C)C)COc1cccc(C(F)(F)F)c1. The molecule has 0 radical (unpaired) electrons. The van der Waals surface area contributed by atoms with Gasteiger partial charge in [0.2, 0.25) is 0 Å². The first-order valence-corrected chi connectivity index (χ1v) is 20.0. The molecule has 1 heterocycles. The number of carbonyl (C=O) groups excluding carboxylic acids is 1. The summed E-state index contributed by atoms with van der Waals surface area (Å²) in [5.41, 5.74) is -0.754. The van der Waals surface area contributed by atoms with Crippen molar-refractivity contribution in [3.63, 3.8) is 0 Å².